The number of aliphatic hydroxyl groups excluding tert-OH is 2. The first kappa shape index (κ1) is 15.9. The molecule has 90 valence electrons. The minimum absolute atomic E-state index is 0.0850. The lowest BCUT2D eigenvalue weighted by atomic mass is 10.4. The molecule has 0 aromatic rings. The Hall–Kier alpha value is -1.54. The maximum absolute atomic E-state index is 10.1. The van der Waals surface area contributed by atoms with Crippen LogP contribution in [0.25, 0.3) is 0 Å². The summed E-state index contributed by atoms with van der Waals surface area (Å²) < 4.78 is 8.72. The van der Waals surface area contributed by atoms with E-state index < -0.39 is 18.3 Å². The minimum Gasteiger partial charge on any atom is -0.446 e. The van der Waals surface area contributed by atoms with E-state index in [1.807, 2.05) is 0 Å². The van der Waals surface area contributed by atoms with Crippen molar-refractivity contribution < 1.29 is 29.3 Å². The zero-order chi connectivity index (χ0) is 12.3. The molecule has 0 aliphatic rings. The topological polar surface area (TPSA) is 145 Å². The molecule has 0 aromatic carbocycles. The van der Waals surface area contributed by atoms with Gasteiger partial charge in [-0.05, 0) is 6.92 Å². The van der Waals surface area contributed by atoms with Gasteiger partial charge in [0.15, 0.2) is 0 Å². The van der Waals surface area contributed by atoms with E-state index in [1.54, 1.807) is 0 Å². The maximum Gasteiger partial charge on any atom is 0.404 e. The van der Waals surface area contributed by atoms with Crippen molar-refractivity contribution in [1.82, 2.24) is 0 Å². The van der Waals surface area contributed by atoms with Crippen molar-refractivity contribution >= 4 is 12.2 Å². The van der Waals surface area contributed by atoms with E-state index in [0.717, 1.165) is 0 Å². The molecule has 0 aromatic heterocycles. The SMILES string of the molecule is CC(COC(N)=O)OC(N)=O.OCCO. The molecule has 0 heterocycles. The van der Waals surface area contributed by atoms with Gasteiger partial charge in [-0.3, -0.25) is 0 Å². The largest absolute Gasteiger partial charge is 0.446 e. The van der Waals surface area contributed by atoms with Gasteiger partial charge >= 0.3 is 12.2 Å². The van der Waals surface area contributed by atoms with Crippen LogP contribution < -0.4 is 11.5 Å². The summed E-state index contributed by atoms with van der Waals surface area (Å²) >= 11 is 0. The highest BCUT2D eigenvalue weighted by Gasteiger charge is 2.06. The molecule has 15 heavy (non-hydrogen) atoms. The monoisotopic (exact) mass is 224 g/mol. The fourth-order valence-corrected chi connectivity index (χ4v) is 0.432. The van der Waals surface area contributed by atoms with Gasteiger partial charge in [0.1, 0.15) is 12.7 Å². The zero-order valence-corrected chi connectivity index (χ0v) is 8.38. The molecule has 8 nitrogen and oxygen atoms in total. The maximum atomic E-state index is 10.1. The van der Waals surface area contributed by atoms with E-state index in [4.69, 9.17) is 10.2 Å². The third-order valence-corrected chi connectivity index (χ3v) is 0.878. The van der Waals surface area contributed by atoms with Crippen LogP contribution in [0.4, 0.5) is 9.59 Å². The molecule has 0 radical (unpaired) electrons. The fourth-order valence-electron chi connectivity index (χ4n) is 0.432. The van der Waals surface area contributed by atoms with Gasteiger partial charge in [-0.2, -0.15) is 0 Å². The number of rotatable bonds is 4. The van der Waals surface area contributed by atoms with Gasteiger partial charge in [-0.25, -0.2) is 9.59 Å². The molecule has 6 N–H and O–H groups in total. The van der Waals surface area contributed by atoms with Crippen LogP contribution in [0.2, 0.25) is 0 Å². The van der Waals surface area contributed by atoms with E-state index in [0.29, 0.717) is 0 Å². The number of hydrogen-bond acceptors (Lipinski definition) is 6. The van der Waals surface area contributed by atoms with Crippen molar-refractivity contribution in [2.75, 3.05) is 19.8 Å². The predicted molar refractivity (Wildman–Crippen MR) is 49.8 cm³/mol. The summed E-state index contributed by atoms with van der Waals surface area (Å²) in [7, 11) is 0. The Balaban J connectivity index is 0. The Morgan fingerprint density at radius 2 is 1.67 bits per heavy atom. The van der Waals surface area contributed by atoms with Crippen molar-refractivity contribution in [1.29, 1.82) is 0 Å². The molecule has 0 saturated carbocycles. The van der Waals surface area contributed by atoms with Crippen molar-refractivity contribution in [3.05, 3.63) is 0 Å². The fraction of sp³-hybridized carbons (Fsp3) is 0.714. The molecule has 8 heteroatoms. The summed E-state index contributed by atoms with van der Waals surface area (Å²) in [6.07, 6.45) is -2.39. The second-order valence-electron chi connectivity index (χ2n) is 2.32. The van der Waals surface area contributed by atoms with Gasteiger partial charge < -0.3 is 31.2 Å². The first-order chi connectivity index (χ1) is 6.93. The minimum atomic E-state index is -0.912. The van der Waals surface area contributed by atoms with Crippen LogP contribution in [0.15, 0.2) is 0 Å². The Kier molecular flexibility index (Phi) is 11.2. The summed E-state index contributed by atoms with van der Waals surface area (Å²) in [6, 6.07) is 0. The third kappa shape index (κ3) is 19.0. The summed E-state index contributed by atoms with van der Waals surface area (Å²) in [5.74, 6) is 0. The number of carbonyl (C=O) groups excluding carboxylic acids is 2. The van der Waals surface area contributed by atoms with Crippen LogP contribution in [0.1, 0.15) is 6.92 Å². The lowest BCUT2D eigenvalue weighted by molar-refractivity contribution is 0.0611. The molecule has 1 atom stereocenters. The van der Waals surface area contributed by atoms with Crippen molar-refractivity contribution in [3.8, 4) is 0 Å². The summed E-state index contributed by atoms with van der Waals surface area (Å²) in [5.41, 5.74) is 9.31. The molecule has 0 bridgehead atoms. The lowest BCUT2D eigenvalue weighted by Gasteiger charge is -2.09. The Labute approximate surface area is 86.8 Å². The number of nitrogens with two attached hydrogens (primary N) is 2. The Bertz CT molecular complexity index is 184. The molecular formula is C7H16N2O6. The predicted octanol–water partition coefficient (Wildman–Crippen LogP) is -1.46. The number of primary amides is 2. The standard InChI is InChI=1S/C5H10N2O4.C2H6O2/c1-3(11-5(7)9)2-10-4(6)8;3-1-2-4/h3H,2H2,1H3,(H2,6,8)(H2,7,9);3-4H,1-2H2. The number of ether oxygens (including phenoxy) is 2. The van der Waals surface area contributed by atoms with Gasteiger partial charge in [0.25, 0.3) is 0 Å². The van der Waals surface area contributed by atoms with Crippen LogP contribution in [0, 0.1) is 0 Å². The molecule has 0 saturated heterocycles. The van der Waals surface area contributed by atoms with Crippen LogP contribution in [0.3, 0.4) is 0 Å². The molecule has 0 aliphatic heterocycles. The van der Waals surface area contributed by atoms with Crippen molar-refractivity contribution in [2.45, 2.75) is 13.0 Å². The highest BCUT2D eigenvalue weighted by molar-refractivity contribution is 5.65. The second kappa shape index (κ2) is 10.5. The molecule has 0 spiro atoms. The molecule has 0 fully saturated rings. The van der Waals surface area contributed by atoms with Gasteiger partial charge in [0, 0.05) is 0 Å². The van der Waals surface area contributed by atoms with Gasteiger partial charge in [0.2, 0.25) is 0 Å². The number of aliphatic hydroxyl groups is 2. The van der Waals surface area contributed by atoms with E-state index in [9.17, 15) is 9.59 Å². The summed E-state index contributed by atoms with van der Waals surface area (Å²) in [6.45, 7) is 1.19. The summed E-state index contributed by atoms with van der Waals surface area (Å²) in [5, 5.41) is 15.2. The zero-order valence-electron chi connectivity index (χ0n) is 8.38. The highest BCUT2D eigenvalue weighted by atomic mass is 16.6. The van der Waals surface area contributed by atoms with E-state index in [-0.39, 0.29) is 19.8 Å². The van der Waals surface area contributed by atoms with Crippen molar-refractivity contribution in [3.63, 3.8) is 0 Å². The Morgan fingerprint density at radius 3 is 1.93 bits per heavy atom. The van der Waals surface area contributed by atoms with Gasteiger partial charge in [0.05, 0.1) is 13.2 Å². The molecule has 0 rings (SSSR count). The van der Waals surface area contributed by atoms with Crippen molar-refractivity contribution in [2.24, 2.45) is 11.5 Å². The average Bonchev–Trinajstić information content (AvgIpc) is 2.14. The second-order valence-corrected chi connectivity index (χ2v) is 2.32. The normalized spacial score (nSPS) is 10.6. The lowest BCUT2D eigenvalue weighted by Crippen LogP contribution is -2.26. The summed E-state index contributed by atoms with van der Waals surface area (Å²) in [4.78, 5) is 20.1. The Morgan fingerprint density at radius 1 is 1.20 bits per heavy atom. The smallest absolute Gasteiger partial charge is 0.404 e. The van der Waals surface area contributed by atoms with Crippen LogP contribution >= 0.6 is 0 Å². The van der Waals surface area contributed by atoms with Crippen LogP contribution in [-0.2, 0) is 9.47 Å². The first-order valence-electron chi connectivity index (χ1n) is 4.04. The molecule has 1 unspecified atom stereocenters. The number of amides is 2. The highest BCUT2D eigenvalue weighted by Crippen LogP contribution is 1.90. The van der Waals surface area contributed by atoms with E-state index in [1.165, 1.54) is 6.92 Å². The van der Waals surface area contributed by atoms with Crippen LogP contribution in [0.5, 0.6) is 0 Å². The first-order valence-corrected chi connectivity index (χ1v) is 4.04. The van der Waals surface area contributed by atoms with Crippen LogP contribution in [-0.4, -0.2) is 48.3 Å². The third-order valence-electron chi connectivity index (χ3n) is 0.878. The van der Waals surface area contributed by atoms with E-state index in [2.05, 4.69) is 20.9 Å². The quantitative estimate of drug-likeness (QED) is 0.459. The number of carbonyl (C=O) groups is 2. The van der Waals surface area contributed by atoms with Gasteiger partial charge in [-0.15, -0.1) is 0 Å². The average molecular weight is 224 g/mol. The van der Waals surface area contributed by atoms with Gasteiger partial charge in [-0.1, -0.05) is 0 Å². The molecule has 0 aliphatic carbocycles. The number of hydrogen-bond donors (Lipinski definition) is 4. The molecular weight excluding hydrogens is 208 g/mol. The van der Waals surface area contributed by atoms with E-state index >= 15 is 0 Å². The molecule has 2 amide bonds.